The third kappa shape index (κ3) is 3.55. The van der Waals surface area contributed by atoms with Crippen LogP contribution < -0.4 is 5.32 Å². The highest BCUT2D eigenvalue weighted by atomic mass is 32.1. The molecule has 0 bridgehead atoms. The van der Waals surface area contributed by atoms with Gasteiger partial charge in [0.2, 0.25) is 0 Å². The van der Waals surface area contributed by atoms with E-state index in [-0.39, 0.29) is 17.1 Å². The molecule has 6 nitrogen and oxygen atoms in total. The maximum Gasteiger partial charge on any atom is 0.309 e. The summed E-state index contributed by atoms with van der Waals surface area (Å²) < 4.78 is 12.9. The van der Waals surface area contributed by atoms with Crippen molar-refractivity contribution in [1.82, 2.24) is 9.97 Å². The monoisotopic (exact) mass is 281 g/mol. The number of carbonyl (C=O) groups excluding carboxylic acids is 1. The first-order chi connectivity index (χ1) is 9.04. The summed E-state index contributed by atoms with van der Waals surface area (Å²) >= 11 is 1.10. The molecule has 0 aromatic carbocycles. The molecule has 0 atom stereocenters. The Morgan fingerprint density at radius 3 is 2.89 bits per heavy atom. The van der Waals surface area contributed by atoms with Crippen LogP contribution in [0.25, 0.3) is 0 Å². The normalized spacial score (nSPS) is 10.2. The average Bonchev–Trinajstić information content (AvgIpc) is 2.75. The molecule has 98 valence electrons. The van der Waals surface area contributed by atoms with Gasteiger partial charge in [-0.15, -0.1) is 11.3 Å². The lowest BCUT2D eigenvalue weighted by molar-refractivity contribution is -0.136. The van der Waals surface area contributed by atoms with Crippen LogP contribution in [0.3, 0.4) is 0 Å². The van der Waals surface area contributed by atoms with Crippen molar-refractivity contribution in [3.8, 4) is 0 Å². The topological polar surface area (TPSA) is 92.2 Å². The molecule has 2 heterocycles. The molecule has 19 heavy (non-hydrogen) atoms. The van der Waals surface area contributed by atoms with Gasteiger partial charge < -0.3 is 5.11 Å². The van der Waals surface area contributed by atoms with Gasteiger partial charge in [-0.2, -0.15) is 0 Å². The van der Waals surface area contributed by atoms with Gasteiger partial charge >= 0.3 is 5.97 Å². The zero-order chi connectivity index (χ0) is 13.8. The molecule has 0 saturated carbocycles. The zero-order valence-electron chi connectivity index (χ0n) is 9.46. The molecule has 0 saturated heterocycles. The minimum Gasteiger partial charge on any atom is -0.481 e. The van der Waals surface area contributed by atoms with Crippen molar-refractivity contribution in [3.05, 3.63) is 40.9 Å². The molecule has 2 aromatic heterocycles. The van der Waals surface area contributed by atoms with E-state index in [1.807, 2.05) is 0 Å². The number of thiazole rings is 1. The molecular formula is C11H8FN3O3S. The number of carbonyl (C=O) groups is 2. The molecule has 0 spiro atoms. The van der Waals surface area contributed by atoms with Gasteiger partial charge in [-0.05, 0) is 6.07 Å². The summed E-state index contributed by atoms with van der Waals surface area (Å²) in [5, 5.41) is 12.8. The van der Waals surface area contributed by atoms with Crippen molar-refractivity contribution in [3.63, 3.8) is 0 Å². The van der Waals surface area contributed by atoms with Gasteiger partial charge in [-0.1, -0.05) is 0 Å². The highest BCUT2D eigenvalue weighted by Gasteiger charge is 2.11. The summed E-state index contributed by atoms with van der Waals surface area (Å²) in [6.45, 7) is 0. The highest BCUT2D eigenvalue weighted by Crippen LogP contribution is 2.16. The number of halogens is 1. The lowest BCUT2D eigenvalue weighted by Crippen LogP contribution is -2.12. The second-order valence-corrected chi connectivity index (χ2v) is 4.42. The molecule has 2 rings (SSSR count). The van der Waals surface area contributed by atoms with Gasteiger partial charge in [-0.3, -0.25) is 19.9 Å². The van der Waals surface area contributed by atoms with Crippen LogP contribution in [0.4, 0.5) is 9.52 Å². The Balaban J connectivity index is 2.06. The van der Waals surface area contributed by atoms with Crippen LogP contribution in [0.5, 0.6) is 0 Å². The molecule has 0 fully saturated rings. The van der Waals surface area contributed by atoms with Crippen LogP contribution in [0.2, 0.25) is 0 Å². The number of pyridine rings is 1. The van der Waals surface area contributed by atoms with Crippen LogP contribution >= 0.6 is 11.3 Å². The summed E-state index contributed by atoms with van der Waals surface area (Å²) in [6.07, 6.45) is 2.00. The number of aromatic nitrogens is 2. The molecule has 0 aliphatic carbocycles. The maximum atomic E-state index is 12.9. The lowest BCUT2D eigenvalue weighted by atomic mass is 10.3. The molecule has 2 N–H and O–H groups in total. The Morgan fingerprint density at radius 1 is 1.42 bits per heavy atom. The molecule has 0 unspecified atom stereocenters. The highest BCUT2D eigenvalue weighted by molar-refractivity contribution is 7.14. The second-order valence-electron chi connectivity index (χ2n) is 3.56. The number of amides is 1. The fourth-order valence-electron chi connectivity index (χ4n) is 1.31. The Morgan fingerprint density at radius 2 is 2.21 bits per heavy atom. The van der Waals surface area contributed by atoms with Gasteiger partial charge in [0.05, 0.1) is 23.9 Å². The number of rotatable bonds is 4. The van der Waals surface area contributed by atoms with Crippen LogP contribution in [-0.2, 0) is 11.2 Å². The van der Waals surface area contributed by atoms with E-state index in [4.69, 9.17) is 5.11 Å². The molecule has 0 aliphatic rings. The summed E-state index contributed by atoms with van der Waals surface area (Å²) in [5.74, 6) is -2.17. The predicted octanol–water partition coefficient (Wildman–Crippen LogP) is 1.56. The fourth-order valence-corrected chi connectivity index (χ4v) is 2.01. The summed E-state index contributed by atoms with van der Waals surface area (Å²) in [5.41, 5.74) is 0.417. The lowest BCUT2D eigenvalue weighted by Gasteiger charge is -2.00. The summed E-state index contributed by atoms with van der Waals surface area (Å²) in [6, 6.07) is 1.05. The first kappa shape index (κ1) is 13.1. The smallest absolute Gasteiger partial charge is 0.309 e. The third-order valence-electron chi connectivity index (χ3n) is 2.07. The van der Waals surface area contributed by atoms with Gasteiger partial charge in [-0.25, -0.2) is 9.37 Å². The number of aliphatic carboxylic acids is 1. The average molecular weight is 281 g/mol. The van der Waals surface area contributed by atoms with Crippen molar-refractivity contribution < 1.29 is 19.1 Å². The molecule has 8 heteroatoms. The molecule has 2 aromatic rings. The van der Waals surface area contributed by atoms with E-state index in [0.29, 0.717) is 5.69 Å². The van der Waals surface area contributed by atoms with Crippen LogP contribution in [0.15, 0.2) is 23.8 Å². The second kappa shape index (κ2) is 5.53. The Kier molecular flexibility index (Phi) is 3.81. The number of nitrogens with zero attached hydrogens (tertiary/aromatic N) is 2. The molecule has 0 radical (unpaired) electrons. The number of hydrogen-bond acceptors (Lipinski definition) is 5. The number of anilines is 1. The van der Waals surface area contributed by atoms with Gasteiger partial charge in [0, 0.05) is 11.6 Å². The molecule has 1 amide bonds. The quantitative estimate of drug-likeness (QED) is 0.887. The minimum absolute atomic E-state index is 0.0648. The number of carboxylic acids is 1. The molecule has 0 aliphatic heterocycles. The van der Waals surface area contributed by atoms with Crippen molar-refractivity contribution in [2.45, 2.75) is 6.42 Å². The van der Waals surface area contributed by atoms with Crippen molar-refractivity contribution in [1.29, 1.82) is 0 Å². The van der Waals surface area contributed by atoms with Gasteiger partial charge in [0.15, 0.2) is 5.13 Å². The largest absolute Gasteiger partial charge is 0.481 e. The SMILES string of the molecule is O=C(O)Cc1csc(NC(=O)c2cncc(F)c2)n1. The Labute approximate surface area is 110 Å². The standard InChI is InChI=1S/C11H8FN3O3S/c12-7-1-6(3-13-4-7)10(18)15-11-14-8(5-19-11)2-9(16)17/h1,3-5H,2H2,(H,16,17)(H,14,15,18). The minimum atomic E-state index is -1.00. The fraction of sp³-hybridized carbons (Fsp3) is 0.0909. The van der Waals surface area contributed by atoms with Crippen molar-refractivity contribution in [2.75, 3.05) is 5.32 Å². The van der Waals surface area contributed by atoms with Gasteiger partial charge in [0.25, 0.3) is 5.91 Å². The van der Waals surface area contributed by atoms with E-state index < -0.39 is 17.7 Å². The molecular weight excluding hydrogens is 273 g/mol. The number of nitrogens with one attached hydrogen (secondary N) is 1. The number of carboxylic acid groups (broad SMARTS) is 1. The Hall–Kier alpha value is -2.35. The van der Waals surface area contributed by atoms with Crippen LogP contribution in [0, 0.1) is 5.82 Å². The van der Waals surface area contributed by atoms with Crippen molar-refractivity contribution in [2.24, 2.45) is 0 Å². The zero-order valence-corrected chi connectivity index (χ0v) is 10.3. The predicted molar refractivity (Wildman–Crippen MR) is 65.6 cm³/mol. The van der Waals surface area contributed by atoms with E-state index in [9.17, 15) is 14.0 Å². The maximum absolute atomic E-state index is 12.9. The summed E-state index contributed by atoms with van der Waals surface area (Å²) in [4.78, 5) is 29.7. The van der Waals surface area contributed by atoms with Crippen LogP contribution in [-0.4, -0.2) is 27.0 Å². The van der Waals surface area contributed by atoms with E-state index >= 15 is 0 Å². The van der Waals surface area contributed by atoms with E-state index in [0.717, 1.165) is 23.6 Å². The summed E-state index contributed by atoms with van der Waals surface area (Å²) in [7, 11) is 0. The third-order valence-corrected chi connectivity index (χ3v) is 2.88. The first-order valence-electron chi connectivity index (χ1n) is 5.12. The van der Waals surface area contributed by atoms with E-state index in [1.54, 1.807) is 0 Å². The number of hydrogen-bond donors (Lipinski definition) is 2. The van der Waals surface area contributed by atoms with Crippen molar-refractivity contribution >= 4 is 28.3 Å². The van der Waals surface area contributed by atoms with Crippen LogP contribution in [0.1, 0.15) is 16.1 Å². The van der Waals surface area contributed by atoms with E-state index in [2.05, 4.69) is 15.3 Å². The van der Waals surface area contributed by atoms with Gasteiger partial charge in [0.1, 0.15) is 5.82 Å². The van der Waals surface area contributed by atoms with E-state index in [1.165, 1.54) is 11.6 Å². The Bertz CT molecular complexity index is 629. The first-order valence-corrected chi connectivity index (χ1v) is 6.00.